The van der Waals surface area contributed by atoms with Crippen LogP contribution in [0.2, 0.25) is 0 Å². The molecule has 0 unspecified atom stereocenters. The normalized spacial score (nSPS) is 11.4. The topological polar surface area (TPSA) is 120 Å². The molecule has 0 saturated carbocycles. The minimum absolute atomic E-state index is 0.0151. The molecule has 0 radical (unpaired) electrons. The summed E-state index contributed by atoms with van der Waals surface area (Å²) in [6.45, 7) is -0.0664. The average molecular weight is 450 g/mol. The molecule has 9 heteroatoms. The third-order valence-electron chi connectivity index (χ3n) is 4.50. The van der Waals surface area contributed by atoms with Crippen molar-refractivity contribution < 1.29 is 22.8 Å². The summed E-state index contributed by atoms with van der Waals surface area (Å²) in [6.07, 6.45) is 1.26. The van der Waals surface area contributed by atoms with Crippen molar-refractivity contribution in [1.29, 1.82) is 5.26 Å². The van der Waals surface area contributed by atoms with Gasteiger partial charge in [0.05, 0.1) is 16.9 Å². The minimum atomic E-state index is -3.99. The number of para-hydroxylation sites is 2. The Morgan fingerprint density at radius 3 is 2.41 bits per heavy atom. The first-order valence-electron chi connectivity index (χ1n) is 9.32. The van der Waals surface area contributed by atoms with Gasteiger partial charge >= 0.3 is 5.69 Å². The van der Waals surface area contributed by atoms with E-state index in [0.717, 1.165) is 0 Å². The average Bonchev–Trinajstić information content (AvgIpc) is 2.81. The molecule has 3 aromatic carbocycles. The number of nitrogens with zero attached hydrogens (tertiary/aromatic N) is 2. The van der Waals surface area contributed by atoms with Gasteiger partial charge < -0.3 is 9.47 Å². The molecule has 0 spiro atoms. The van der Waals surface area contributed by atoms with Crippen molar-refractivity contribution in [2.75, 3.05) is 7.11 Å². The molecule has 0 amide bonds. The summed E-state index contributed by atoms with van der Waals surface area (Å²) in [5.41, 5.74) is 0.778. The van der Waals surface area contributed by atoms with E-state index < -0.39 is 19.7 Å². The monoisotopic (exact) mass is 450 g/mol. The van der Waals surface area contributed by atoms with E-state index in [0.29, 0.717) is 16.9 Å². The van der Waals surface area contributed by atoms with Gasteiger partial charge in [-0.2, -0.15) is 5.26 Å². The summed E-state index contributed by atoms with van der Waals surface area (Å²) in [4.78, 5) is 10.2. The molecule has 0 aliphatic carbocycles. The van der Waals surface area contributed by atoms with Gasteiger partial charge in [-0.3, -0.25) is 10.1 Å². The number of allylic oxidation sites excluding steroid dienone is 1. The minimum Gasteiger partial charge on any atom is -0.496 e. The molecule has 0 N–H and O–H groups in total. The SMILES string of the molecule is COc1ccc(C=C(C#N)S(=O)(=O)c2ccccc2)cc1COc1ccccc1[N+](=O)[O-]. The molecule has 0 aliphatic rings. The molecule has 0 aliphatic heterocycles. The summed E-state index contributed by atoms with van der Waals surface area (Å²) in [6, 6.07) is 20.2. The van der Waals surface area contributed by atoms with Crippen molar-refractivity contribution in [1.82, 2.24) is 0 Å². The summed E-state index contributed by atoms with van der Waals surface area (Å²) < 4.78 is 36.5. The standard InChI is InChI=1S/C23H18N2O6S/c1-30-22-12-11-17(14-20(15-24)32(28,29)19-7-3-2-4-8-19)13-18(22)16-31-23-10-6-5-9-21(23)25(26)27/h2-14H,16H2,1H3. The van der Waals surface area contributed by atoms with E-state index in [1.165, 1.54) is 43.5 Å². The van der Waals surface area contributed by atoms with Crippen molar-refractivity contribution in [3.05, 3.63) is 98.9 Å². The highest BCUT2D eigenvalue weighted by molar-refractivity contribution is 7.95. The molecule has 0 heterocycles. The molecule has 3 rings (SSSR count). The van der Waals surface area contributed by atoms with Crippen molar-refractivity contribution in [2.24, 2.45) is 0 Å². The molecule has 0 saturated heterocycles. The van der Waals surface area contributed by atoms with Gasteiger partial charge in [0.15, 0.2) is 5.75 Å². The second-order valence-corrected chi connectivity index (χ2v) is 8.44. The van der Waals surface area contributed by atoms with Crippen LogP contribution in [0.25, 0.3) is 6.08 Å². The van der Waals surface area contributed by atoms with Crippen LogP contribution in [0.15, 0.2) is 82.6 Å². The summed E-state index contributed by atoms with van der Waals surface area (Å²) in [5, 5.41) is 20.7. The highest BCUT2D eigenvalue weighted by atomic mass is 32.2. The number of ether oxygens (including phenoxy) is 2. The van der Waals surface area contributed by atoms with E-state index in [1.807, 2.05) is 0 Å². The van der Waals surface area contributed by atoms with Gasteiger partial charge in [-0.05, 0) is 42.0 Å². The number of hydrogen-bond donors (Lipinski definition) is 0. The van der Waals surface area contributed by atoms with Gasteiger partial charge in [0.25, 0.3) is 0 Å². The van der Waals surface area contributed by atoms with Crippen LogP contribution >= 0.6 is 0 Å². The largest absolute Gasteiger partial charge is 0.496 e. The zero-order valence-corrected chi connectivity index (χ0v) is 17.8. The molecule has 8 nitrogen and oxygen atoms in total. The number of sulfone groups is 1. The van der Waals surface area contributed by atoms with Gasteiger partial charge in [-0.1, -0.05) is 36.4 Å². The van der Waals surface area contributed by atoms with Crippen molar-refractivity contribution in [3.63, 3.8) is 0 Å². The van der Waals surface area contributed by atoms with E-state index in [-0.39, 0.29) is 22.9 Å². The van der Waals surface area contributed by atoms with Crippen LogP contribution in [0.3, 0.4) is 0 Å². The molecule has 0 aromatic heterocycles. The highest BCUT2D eigenvalue weighted by Gasteiger charge is 2.21. The Bertz CT molecular complexity index is 1310. The predicted octanol–water partition coefficient (Wildman–Crippen LogP) is 4.52. The molecular weight excluding hydrogens is 432 g/mol. The van der Waals surface area contributed by atoms with Gasteiger partial charge in [0, 0.05) is 11.6 Å². The lowest BCUT2D eigenvalue weighted by atomic mass is 10.1. The maximum absolute atomic E-state index is 12.8. The Morgan fingerprint density at radius 2 is 1.75 bits per heavy atom. The van der Waals surface area contributed by atoms with E-state index >= 15 is 0 Å². The maximum atomic E-state index is 12.8. The van der Waals surface area contributed by atoms with E-state index in [9.17, 15) is 23.8 Å². The molecule has 0 bridgehead atoms. The second kappa shape index (κ2) is 9.76. The van der Waals surface area contributed by atoms with Crippen LogP contribution < -0.4 is 9.47 Å². The fraction of sp³-hybridized carbons (Fsp3) is 0.0870. The Labute approximate surface area is 185 Å². The van der Waals surface area contributed by atoms with Crippen LogP contribution in [0.4, 0.5) is 5.69 Å². The molecule has 0 atom stereocenters. The third kappa shape index (κ3) is 4.94. The quantitative estimate of drug-likeness (QED) is 0.281. The van der Waals surface area contributed by atoms with Gasteiger partial charge in [0.1, 0.15) is 23.3 Å². The summed E-state index contributed by atoms with van der Waals surface area (Å²) in [7, 11) is -2.53. The molecule has 3 aromatic rings. The fourth-order valence-electron chi connectivity index (χ4n) is 2.93. The molecule has 162 valence electrons. The predicted molar refractivity (Wildman–Crippen MR) is 118 cm³/mol. The number of methoxy groups -OCH3 is 1. The van der Waals surface area contributed by atoms with Crippen LogP contribution in [0.1, 0.15) is 11.1 Å². The first-order chi connectivity index (χ1) is 15.4. The molecule has 0 fully saturated rings. The van der Waals surface area contributed by atoms with Crippen molar-refractivity contribution >= 4 is 21.6 Å². The Hall–Kier alpha value is -4.16. The molecular formula is C23H18N2O6S. The first-order valence-corrected chi connectivity index (χ1v) is 10.8. The summed E-state index contributed by atoms with van der Waals surface area (Å²) >= 11 is 0. The number of rotatable bonds is 8. The lowest BCUT2D eigenvalue weighted by Gasteiger charge is -2.12. The zero-order valence-electron chi connectivity index (χ0n) is 17.0. The number of benzene rings is 3. The van der Waals surface area contributed by atoms with E-state index in [4.69, 9.17) is 9.47 Å². The Morgan fingerprint density at radius 1 is 1.06 bits per heavy atom. The zero-order chi connectivity index (χ0) is 23.1. The van der Waals surface area contributed by atoms with Crippen LogP contribution in [-0.4, -0.2) is 20.5 Å². The van der Waals surface area contributed by atoms with Crippen LogP contribution in [0.5, 0.6) is 11.5 Å². The Kier molecular flexibility index (Phi) is 6.87. The number of nitro groups is 1. The smallest absolute Gasteiger partial charge is 0.310 e. The lowest BCUT2D eigenvalue weighted by molar-refractivity contribution is -0.385. The third-order valence-corrected chi connectivity index (χ3v) is 6.18. The van der Waals surface area contributed by atoms with Gasteiger partial charge in [-0.25, -0.2) is 8.42 Å². The molecule has 32 heavy (non-hydrogen) atoms. The van der Waals surface area contributed by atoms with E-state index in [1.54, 1.807) is 48.5 Å². The highest BCUT2D eigenvalue weighted by Crippen LogP contribution is 2.29. The number of nitriles is 1. The number of hydrogen-bond acceptors (Lipinski definition) is 7. The Balaban J connectivity index is 1.94. The van der Waals surface area contributed by atoms with E-state index in [2.05, 4.69) is 0 Å². The maximum Gasteiger partial charge on any atom is 0.310 e. The fourth-order valence-corrected chi connectivity index (χ4v) is 4.12. The number of nitro benzene ring substituents is 1. The summed E-state index contributed by atoms with van der Waals surface area (Å²) in [5.74, 6) is 0.537. The van der Waals surface area contributed by atoms with Crippen molar-refractivity contribution in [2.45, 2.75) is 11.5 Å². The first kappa shape index (κ1) is 22.5. The van der Waals surface area contributed by atoms with Crippen LogP contribution in [0, 0.1) is 21.4 Å². The van der Waals surface area contributed by atoms with Crippen LogP contribution in [-0.2, 0) is 16.4 Å². The van der Waals surface area contributed by atoms with Gasteiger partial charge in [-0.15, -0.1) is 0 Å². The second-order valence-electron chi connectivity index (χ2n) is 6.52. The van der Waals surface area contributed by atoms with Crippen molar-refractivity contribution in [3.8, 4) is 17.6 Å². The lowest BCUT2D eigenvalue weighted by Crippen LogP contribution is -2.04. The van der Waals surface area contributed by atoms with Gasteiger partial charge in [0.2, 0.25) is 9.84 Å².